The van der Waals surface area contributed by atoms with Crippen LogP contribution in [0.4, 0.5) is 8.78 Å². The zero-order chi connectivity index (χ0) is 19.1. The van der Waals surface area contributed by atoms with Crippen LogP contribution in [0.3, 0.4) is 0 Å². The molecule has 2 amide bonds. The maximum atomic E-state index is 13.0. The van der Waals surface area contributed by atoms with Crippen LogP contribution in [-0.4, -0.2) is 17.9 Å². The molecule has 2 N–H and O–H groups in total. The minimum Gasteiger partial charge on any atom is -0.481 e. The van der Waals surface area contributed by atoms with Gasteiger partial charge in [0.25, 0.3) is 11.8 Å². The Hall–Kier alpha value is -2.93. The predicted molar refractivity (Wildman–Crippen MR) is 93.2 cm³/mol. The van der Waals surface area contributed by atoms with Crippen LogP contribution in [0.25, 0.3) is 6.08 Å². The van der Waals surface area contributed by atoms with E-state index in [9.17, 15) is 18.4 Å². The van der Waals surface area contributed by atoms with Crippen molar-refractivity contribution >= 4 is 29.5 Å². The number of amides is 2. The lowest BCUT2D eigenvalue weighted by atomic mass is 10.2. The Balaban J connectivity index is 1.81. The lowest BCUT2D eigenvalue weighted by molar-refractivity contribution is -0.131. The average molecular weight is 381 g/mol. The van der Waals surface area contributed by atoms with E-state index in [1.807, 2.05) is 0 Å². The van der Waals surface area contributed by atoms with E-state index in [1.165, 1.54) is 55.5 Å². The highest BCUT2D eigenvalue weighted by Gasteiger charge is 2.14. The number of hydrazine groups is 1. The fourth-order valence-corrected chi connectivity index (χ4v) is 2.01. The van der Waals surface area contributed by atoms with Crippen LogP contribution in [0.1, 0.15) is 12.5 Å². The molecular formula is C18H15ClF2N2O3. The van der Waals surface area contributed by atoms with Crippen LogP contribution >= 0.6 is 11.6 Å². The molecule has 0 saturated carbocycles. The van der Waals surface area contributed by atoms with Crippen molar-refractivity contribution in [1.29, 1.82) is 0 Å². The molecule has 0 spiro atoms. The molecule has 1 atom stereocenters. The number of rotatable bonds is 5. The first kappa shape index (κ1) is 19.4. The molecule has 0 heterocycles. The molecule has 136 valence electrons. The van der Waals surface area contributed by atoms with Gasteiger partial charge in [0, 0.05) is 6.08 Å². The smallest absolute Gasteiger partial charge is 0.279 e. The summed E-state index contributed by atoms with van der Waals surface area (Å²) < 4.78 is 31.2. The minimum absolute atomic E-state index is 0.0624. The van der Waals surface area contributed by atoms with E-state index >= 15 is 0 Å². The van der Waals surface area contributed by atoms with Crippen molar-refractivity contribution in [2.75, 3.05) is 0 Å². The van der Waals surface area contributed by atoms with E-state index in [1.54, 1.807) is 0 Å². The molecule has 0 fully saturated rings. The van der Waals surface area contributed by atoms with Crippen LogP contribution in [0.15, 0.2) is 48.5 Å². The summed E-state index contributed by atoms with van der Waals surface area (Å²) in [5.41, 5.74) is 4.90. The number of nitrogens with one attached hydrogen (secondary N) is 2. The first-order chi connectivity index (χ1) is 12.3. The number of hydrogen-bond acceptors (Lipinski definition) is 3. The van der Waals surface area contributed by atoms with Gasteiger partial charge in [-0.15, -0.1) is 0 Å². The van der Waals surface area contributed by atoms with Gasteiger partial charge in [-0.25, -0.2) is 8.78 Å². The van der Waals surface area contributed by atoms with Crippen molar-refractivity contribution < 1.29 is 23.1 Å². The summed E-state index contributed by atoms with van der Waals surface area (Å²) in [6, 6.07) is 9.15. The molecule has 0 aliphatic rings. The summed E-state index contributed by atoms with van der Waals surface area (Å²) in [5.74, 6) is -1.87. The Kier molecular flexibility index (Phi) is 6.68. The van der Waals surface area contributed by atoms with Crippen LogP contribution in [0.2, 0.25) is 5.02 Å². The van der Waals surface area contributed by atoms with Crippen LogP contribution in [0, 0.1) is 11.6 Å². The van der Waals surface area contributed by atoms with Crippen molar-refractivity contribution in [2.24, 2.45) is 0 Å². The van der Waals surface area contributed by atoms with Gasteiger partial charge < -0.3 is 4.74 Å². The van der Waals surface area contributed by atoms with Crippen LogP contribution < -0.4 is 15.6 Å². The Morgan fingerprint density at radius 3 is 2.46 bits per heavy atom. The predicted octanol–water partition coefficient (Wildman–Crippen LogP) is 3.25. The molecule has 26 heavy (non-hydrogen) atoms. The Morgan fingerprint density at radius 1 is 1.12 bits per heavy atom. The average Bonchev–Trinajstić information content (AvgIpc) is 2.62. The number of carbonyl (C=O) groups excluding carboxylic acids is 2. The molecule has 0 aliphatic heterocycles. The molecule has 0 aliphatic carbocycles. The fraction of sp³-hybridized carbons (Fsp3) is 0.111. The lowest BCUT2D eigenvalue weighted by Gasteiger charge is -2.14. The Labute approximate surface area is 153 Å². The molecule has 5 nitrogen and oxygen atoms in total. The van der Waals surface area contributed by atoms with E-state index in [0.717, 1.165) is 6.08 Å². The molecule has 0 saturated heterocycles. The number of halogens is 3. The van der Waals surface area contributed by atoms with Gasteiger partial charge in [-0.1, -0.05) is 17.7 Å². The minimum atomic E-state index is -0.916. The van der Waals surface area contributed by atoms with Gasteiger partial charge in [0.05, 0.1) is 5.02 Å². The number of benzene rings is 2. The van der Waals surface area contributed by atoms with Crippen LogP contribution in [-0.2, 0) is 9.59 Å². The van der Waals surface area contributed by atoms with Crippen molar-refractivity contribution in [3.05, 3.63) is 70.8 Å². The van der Waals surface area contributed by atoms with E-state index in [4.69, 9.17) is 16.3 Å². The molecular weight excluding hydrogens is 366 g/mol. The Bertz CT molecular complexity index is 826. The van der Waals surface area contributed by atoms with Gasteiger partial charge in [-0.05, 0) is 55.0 Å². The highest BCUT2D eigenvalue weighted by molar-refractivity contribution is 6.30. The molecule has 2 aromatic carbocycles. The molecule has 0 radical (unpaired) electrons. The quantitative estimate of drug-likeness (QED) is 0.618. The molecule has 0 aromatic heterocycles. The maximum absolute atomic E-state index is 13.0. The van der Waals surface area contributed by atoms with Gasteiger partial charge in [0.1, 0.15) is 17.4 Å². The first-order valence-electron chi connectivity index (χ1n) is 7.50. The monoisotopic (exact) mass is 380 g/mol. The van der Waals surface area contributed by atoms with E-state index in [-0.39, 0.29) is 5.02 Å². The maximum Gasteiger partial charge on any atom is 0.279 e. The van der Waals surface area contributed by atoms with Crippen molar-refractivity contribution in [3.63, 3.8) is 0 Å². The third kappa shape index (κ3) is 5.86. The molecule has 0 bridgehead atoms. The molecule has 0 unspecified atom stereocenters. The summed E-state index contributed by atoms with van der Waals surface area (Å²) in [5, 5.41) is -0.0624. The summed E-state index contributed by atoms with van der Waals surface area (Å²) in [4.78, 5) is 23.6. The second kappa shape index (κ2) is 8.96. The summed E-state index contributed by atoms with van der Waals surface area (Å²) in [6.45, 7) is 1.47. The standard InChI is InChI=1S/C18H15ClF2N2O3/c1-11(26-14-6-4-13(20)5-7-14)18(25)23-22-17(24)9-3-12-2-8-16(21)15(19)10-12/h2-11H,1H3,(H,22,24)(H,23,25)/b9-3+/t11-/m1/s1. The molecule has 2 aromatic rings. The lowest BCUT2D eigenvalue weighted by Crippen LogP contribution is -2.46. The summed E-state index contributed by atoms with van der Waals surface area (Å²) in [6.07, 6.45) is 1.64. The molecule has 8 heteroatoms. The highest BCUT2D eigenvalue weighted by atomic mass is 35.5. The number of hydrogen-bond donors (Lipinski definition) is 2. The normalized spacial score (nSPS) is 11.8. The van der Waals surface area contributed by atoms with E-state index in [0.29, 0.717) is 11.3 Å². The van der Waals surface area contributed by atoms with Gasteiger partial charge in [0.2, 0.25) is 0 Å². The van der Waals surface area contributed by atoms with E-state index < -0.39 is 29.6 Å². The zero-order valence-electron chi connectivity index (χ0n) is 13.6. The topological polar surface area (TPSA) is 67.4 Å². The van der Waals surface area contributed by atoms with E-state index in [2.05, 4.69) is 10.9 Å². The van der Waals surface area contributed by atoms with Crippen LogP contribution in [0.5, 0.6) is 5.75 Å². The fourth-order valence-electron chi connectivity index (χ4n) is 1.83. The van der Waals surface area contributed by atoms with Crippen molar-refractivity contribution in [1.82, 2.24) is 10.9 Å². The Morgan fingerprint density at radius 2 is 1.81 bits per heavy atom. The highest BCUT2D eigenvalue weighted by Crippen LogP contribution is 2.16. The van der Waals surface area contributed by atoms with Gasteiger partial charge >= 0.3 is 0 Å². The second-order valence-corrected chi connectivity index (χ2v) is 5.61. The number of ether oxygens (including phenoxy) is 1. The van der Waals surface area contributed by atoms with Crippen molar-refractivity contribution in [3.8, 4) is 5.75 Å². The van der Waals surface area contributed by atoms with Gasteiger partial charge in [-0.3, -0.25) is 20.4 Å². The third-order valence-corrected chi connectivity index (χ3v) is 3.47. The second-order valence-electron chi connectivity index (χ2n) is 5.20. The third-order valence-electron chi connectivity index (χ3n) is 3.18. The van der Waals surface area contributed by atoms with Gasteiger partial charge in [0.15, 0.2) is 6.10 Å². The summed E-state index contributed by atoms with van der Waals surface area (Å²) in [7, 11) is 0. The summed E-state index contributed by atoms with van der Waals surface area (Å²) >= 11 is 5.64. The van der Waals surface area contributed by atoms with Gasteiger partial charge in [-0.2, -0.15) is 0 Å². The SMILES string of the molecule is C[C@@H](Oc1ccc(F)cc1)C(=O)NNC(=O)/C=C/c1ccc(F)c(Cl)c1. The largest absolute Gasteiger partial charge is 0.481 e. The zero-order valence-corrected chi connectivity index (χ0v) is 14.4. The first-order valence-corrected chi connectivity index (χ1v) is 7.88. The molecule has 2 rings (SSSR count). The number of carbonyl (C=O) groups is 2. The van der Waals surface area contributed by atoms with Crippen molar-refractivity contribution in [2.45, 2.75) is 13.0 Å².